The molecular weight excluding hydrogens is 478 g/mol. The topological polar surface area (TPSA) is 75.8 Å². The molecule has 0 spiro atoms. The van der Waals surface area contributed by atoms with Gasteiger partial charge in [-0.05, 0) is 105 Å². The third-order valence-electron chi connectivity index (χ3n) is 8.41. The maximum absolute atomic E-state index is 11.8. The lowest BCUT2D eigenvalue weighted by molar-refractivity contribution is 0.376. The standard InChI is InChI=1S/C31H43N3O2S/c1-22-9-7-19-30(3,4)28(22)17-11-24-21-26(14-18-29-23(2)10-8-20-31(29,5)6)34(33-24)25-12-15-27(16-13-25)37(32,35)36/h11-18,26H,7-10,19-21H2,1-6H3,(H2,32,35,36)/b17-11+,18-14+. The van der Waals surface area contributed by atoms with Crippen molar-refractivity contribution in [3.63, 3.8) is 0 Å². The molecule has 0 saturated carbocycles. The summed E-state index contributed by atoms with van der Waals surface area (Å²) in [4.78, 5) is 0.110. The van der Waals surface area contributed by atoms with Gasteiger partial charge in [-0.3, -0.25) is 5.01 Å². The van der Waals surface area contributed by atoms with E-state index in [0.29, 0.717) is 0 Å². The van der Waals surface area contributed by atoms with E-state index < -0.39 is 10.0 Å². The van der Waals surface area contributed by atoms with Crippen molar-refractivity contribution in [2.24, 2.45) is 21.1 Å². The Balaban J connectivity index is 1.67. The molecule has 0 aromatic heterocycles. The Morgan fingerprint density at radius 2 is 1.43 bits per heavy atom. The number of hydrogen-bond donors (Lipinski definition) is 1. The van der Waals surface area contributed by atoms with Gasteiger partial charge in [-0.1, -0.05) is 57.1 Å². The van der Waals surface area contributed by atoms with Gasteiger partial charge in [0, 0.05) is 6.42 Å². The van der Waals surface area contributed by atoms with Crippen LogP contribution in [0.25, 0.3) is 0 Å². The number of nitrogens with two attached hydrogens (primary N) is 1. The second-order valence-corrected chi connectivity index (χ2v) is 13.9. The Kier molecular flexibility index (Phi) is 7.74. The molecule has 1 aliphatic heterocycles. The highest BCUT2D eigenvalue weighted by Gasteiger charge is 2.30. The highest BCUT2D eigenvalue weighted by atomic mass is 32.2. The summed E-state index contributed by atoms with van der Waals surface area (Å²) in [5.41, 5.74) is 8.02. The van der Waals surface area contributed by atoms with Crippen LogP contribution in [0.3, 0.4) is 0 Å². The molecule has 5 nitrogen and oxygen atoms in total. The molecule has 3 aliphatic rings. The van der Waals surface area contributed by atoms with Gasteiger partial charge in [0.2, 0.25) is 10.0 Å². The smallest absolute Gasteiger partial charge is 0.238 e. The minimum atomic E-state index is -3.74. The van der Waals surface area contributed by atoms with E-state index in [9.17, 15) is 8.42 Å². The summed E-state index contributed by atoms with van der Waals surface area (Å²) in [5.74, 6) is 0. The average Bonchev–Trinajstić information content (AvgIpc) is 3.20. The van der Waals surface area contributed by atoms with Gasteiger partial charge in [0.25, 0.3) is 0 Å². The number of benzene rings is 1. The molecule has 2 aliphatic carbocycles. The van der Waals surface area contributed by atoms with E-state index in [1.165, 1.54) is 48.0 Å². The van der Waals surface area contributed by atoms with E-state index in [2.05, 4.69) is 65.8 Å². The minimum absolute atomic E-state index is 0.0486. The molecule has 1 unspecified atom stereocenters. The van der Waals surface area contributed by atoms with Gasteiger partial charge >= 0.3 is 0 Å². The number of rotatable bonds is 6. The van der Waals surface area contributed by atoms with Crippen LogP contribution in [0.15, 0.2) is 80.9 Å². The highest BCUT2D eigenvalue weighted by molar-refractivity contribution is 7.89. The summed E-state index contributed by atoms with van der Waals surface area (Å²) >= 11 is 0. The molecule has 0 radical (unpaired) electrons. The third kappa shape index (κ3) is 6.18. The number of sulfonamides is 1. The lowest BCUT2D eigenvalue weighted by Gasteiger charge is -2.33. The van der Waals surface area contributed by atoms with E-state index in [1.807, 2.05) is 5.01 Å². The van der Waals surface area contributed by atoms with Crippen LogP contribution in [0.5, 0.6) is 0 Å². The van der Waals surface area contributed by atoms with Crippen LogP contribution in [0.1, 0.15) is 86.5 Å². The quantitative estimate of drug-likeness (QED) is 0.423. The number of hydrazone groups is 1. The molecule has 0 bridgehead atoms. The molecule has 1 aromatic rings. The molecule has 1 heterocycles. The van der Waals surface area contributed by atoms with Crippen molar-refractivity contribution in [3.05, 3.63) is 70.9 Å². The molecule has 1 atom stereocenters. The van der Waals surface area contributed by atoms with E-state index in [1.54, 1.807) is 24.3 Å². The lowest BCUT2D eigenvalue weighted by atomic mass is 9.72. The molecule has 200 valence electrons. The summed E-state index contributed by atoms with van der Waals surface area (Å²) in [6.45, 7) is 13.8. The maximum Gasteiger partial charge on any atom is 0.238 e. The van der Waals surface area contributed by atoms with Crippen molar-refractivity contribution in [2.75, 3.05) is 5.01 Å². The largest absolute Gasteiger partial charge is 0.258 e. The van der Waals surface area contributed by atoms with Crippen LogP contribution in [0, 0.1) is 10.8 Å². The van der Waals surface area contributed by atoms with Gasteiger partial charge in [-0.2, -0.15) is 5.10 Å². The van der Waals surface area contributed by atoms with Gasteiger partial charge in [0.15, 0.2) is 0 Å². The lowest BCUT2D eigenvalue weighted by Crippen LogP contribution is -2.25. The fourth-order valence-electron chi connectivity index (χ4n) is 6.25. The number of primary sulfonamides is 1. The third-order valence-corrected chi connectivity index (χ3v) is 9.34. The molecule has 2 N–H and O–H groups in total. The van der Waals surface area contributed by atoms with Gasteiger partial charge in [0.05, 0.1) is 22.3 Å². The average molecular weight is 522 g/mol. The van der Waals surface area contributed by atoms with Gasteiger partial charge < -0.3 is 0 Å². The first-order valence-corrected chi connectivity index (χ1v) is 15.1. The second kappa shape index (κ2) is 10.4. The van der Waals surface area contributed by atoms with E-state index >= 15 is 0 Å². The Morgan fingerprint density at radius 3 is 1.95 bits per heavy atom. The second-order valence-electron chi connectivity index (χ2n) is 12.3. The molecule has 6 heteroatoms. The van der Waals surface area contributed by atoms with Gasteiger partial charge in [-0.25, -0.2) is 13.6 Å². The van der Waals surface area contributed by atoms with Crippen molar-refractivity contribution in [2.45, 2.75) is 97.4 Å². The van der Waals surface area contributed by atoms with Crippen LogP contribution in [0.4, 0.5) is 5.69 Å². The summed E-state index contributed by atoms with van der Waals surface area (Å²) < 4.78 is 23.5. The first-order valence-electron chi connectivity index (χ1n) is 13.5. The minimum Gasteiger partial charge on any atom is -0.258 e. The molecular formula is C31H43N3O2S. The Hall–Kier alpha value is -2.44. The zero-order valence-electron chi connectivity index (χ0n) is 23.3. The predicted molar refractivity (Wildman–Crippen MR) is 155 cm³/mol. The summed E-state index contributed by atoms with van der Waals surface area (Å²) in [5, 5.41) is 12.3. The fraction of sp³-hybridized carbons (Fsp3) is 0.516. The summed E-state index contributed by atoms with van der Waals surface area (Å²) in [6.07, 6.45) is 17.0. The van der Waals surface area contributed by atoms with Crippen LogP contribution in [-0.2, 0) is 10.0 Å². The molecule has 37 heavy (non-hydrogen) atoms. The van der Waals surface area contributed by atoms with Crippen LogP contribution in [0.2, 0.25) is 0 Å². The summed E-state index contributed by atoms with van der Waals surface area (Å²) in [6, 6.07) is 6.76. The zero-order valence-corrected chi connectivity index (χ0v) is 24.2. The van der Waals surface area contributed by atoms with Crippen molar-refractivity contribution < 1.29 is 8.42 Å². The number of anilines is 1. The SMILES string of the molecule is CC1=C(/C=C/C2=NN(c3ccc(S(N)(=O)=O)cc3)C(/C=C/C3=C(C)CCCC3(C)C)C2)C(C)(C)CCC1. The van der Waals surface area contributed by atoms with Crippen LogP contribution >= 0.6 is 0 Å². The summed E-state index contributed by atoms with van der Waals surface area (Å²) in [7, 11) is -3.74. The molecule has 0 fully saturated rings. The highest BCUT2D eigenvalue weighted by Crippen LogP contribution is 2.42. The monoisotopic (exact) mass is 521 g/mol. The Labute approximate surface area is 224 Å². The van der Waals surface area contributed by atoms with E-state index in [4.69, 9.17) is 10.2 Å². The normalized spacial score (nSPS) is 24.5. The first-order chi connectivity index (χ1) is 17.3. The Morgan fingerprint density at radius 1 is 0.892 bits per heavy atom. The Bertz CT molecular complexity index is 1290. The van der Waals surface area contributed by atoms with Gasteiger partial charge in [0.1, 0.15) is 0 Å². The first kappa shape index (κ1) is 27.6. The van der Waals surface area contributed by atoms with Gasteiger partial charge in [-0.15, -0.1) is 0 Å². The number of hydrogen-bond acceptors (Lipinski definition) is 4. The maximum atomic E-state index is 11.8. The van der Waals surface area contributed by atoms with Crippen molar-refractivity contribution >= 4 is 21.4 Å². The van der Waals surface area contributed by atoms with Crippen molar-refractivity contribution in [3.8, 4) is 0 Å². The van der Waals surface area contributed by atoms with E-state index in [0.717, 1.165) is 30.7 Å². The molecule has 4 rings (SSSR count). The number of allylic oxidation sites excluding steroid dienone is 7. The van der Waals surface area contributed by atoms with Crippen LogP contribution in [-0.4, -0.2) is 20.2 Å². The molecule has 1 aromatic carbocycles. The molecule has 0 amide bonds. The zero-order chi connectivity index (χ0) is 27.0. The van der Waals surface area contributed by atoms with Crippen molar-refractivity contribution in [1.82, 2.24) is 0 Å². The van der Waals surface area contributed by atoms with Crippen LogP contribution < -0.4 is 10.1 Å². The fourth-order valence-corrected chi connectivity index (χ4v) is 6.77. The molecule has 0 saturated heterocycles. The predicted octanol–water partition coefficient (Wildman–Crippen LogP) is 7.43. The van der Waals surface area contributed by atoms with Crippen molar-refractivity contribution in [1.29, 1.82) is 0 Å². The number of nitrogens with zero attached hydrogens (tertiary/aromatic N) is 2. The van der Waals surface area contributed by atoms with E-state index in [-0.39, 0.29) is 21.8 Å².